The fourth-order valence-corrected chi connectivity index (χ4v) is 5.33. The van der Waals surface area contributed by atoms with Gasteiger partial charge in [-0.1, -0.05) is 66.5 Å². The van der Waals surface area contributed by atoms with E-state index in [1.165, 1.54) is 12.1 Å². The molecule has 8 heteroatoms. The minimum atomic E-state index is -3.90. The average molecular weight is 438 g/mol. The van der Waals surface area contributed by atoms with Crippen molar-refractivity contribution in [3.05, 3.63) is 64.6 Å². The zero-order valence-electron chi connectivity index (χ0n) is 15.2. The molecule has 0 aliphatic carbocycles. The molecule has 0 saturated carbocycles. The number of fused-ring (bicyclic) bond motifs is 1. The van der Waals surface area contributed by atoms with Crippen molar-refractivity contribution >= 4 is 55.4 Å². The third-order valence-electron chi connectivity index (χ3n) is 4.45. The Balaban J connectivity index is 1.79. The summed E-state index contributed by atoms with van der Waals surface area (Å²) in [7, 11) is -3.90. The second kappa shape index (κ2) is 8.57. The second-order valence-electron chi connectivity index (χ2n) is 6.44. The Morgan fingerprint density at radius 3 is 2.50 bits per heavy atom. The molecule has 1 atom stereocenters. The molecule has 0 aliphatic rings. The summed E-state index contributed by atoms with van der Waals surface area (Å²) >= 11 is 12.0. The lowest BCUT2D eigenvalue weighted by Crippen LogP contribution is -2.39. The number of benzene rings is 3. The summed E-state index contributed by atoms with van der Waals surface area (Å²) in [6, 6.07) is 16.4. The van der Waals surface area contributed by atoms with Gasteiger partial charge in [0.25, 0.3) is 0 Å². The first-order valence-electron chi connectivity index (χ1n) is 8.80. The van der Waals surface area contributed by atoms with Crippen molar-refractivity contribution in [3.63, 3.8) is 0 Å². The number of nitrogens with one attached hydrogen (secondary N) is 2. The maximum Gasteiger partial charge on any atom is 0.244 e. The molecule has 0 spiro atoms. The van der Waals surface area contributed by atoms with Gasteiger partial charge >= 0.3 is 0 Å². The molecule has 0 aliphatic heterocycles. The second-order valence-corrected chi connectivity index (χ2v) is 8.93. The lowest BCUT2D eigenvalue weighted by Gasteiger charge is -2.20. The molecule has 4 N–H and O–H groups in total. The molecular formula is C20H21Cl2N3O2S. The topological polar surface area (TPSA) is 84.2 Å². The van der Waals surface area contributed by atoms with Gasteiger partial charge in [-0.15, -0.1) is 0 Å². The first kappa shape index (κ1) is 20.7. The minimum absolute atomic E-state index is 0.00522. The third-order valence-corrected chi connectivity index (χ3v) is 6.71. The summed E-state index contributed by atoms with van der Waals surface area (Å²) in [5.41, 5.74) is 6.81. The molecule has 5 nitrogen and oxygen atoms in total. The van der Waals surface area contributed by atoms with Crippen LogP contribution < -0.4 is 15.8 Å². The molecule has 0 radical (unpaired) electrons. The zero-order valence-corrected chi connectivity index (χ0v) is 17.6. The number of hydrogen-bond donors (Lipinski definition) is 3. The summed E-state index contributed by atoms with van der Waals surface area (Å²) in [5, 5.41) is 5.81. The van der Waals surface area contributed by atoms with Crippen LogP contribution in [0.3, 0.4) is 0 Å². The van der Waals surface area contributed by atoms with Crippen molar-refractivity contribution < 1.29 is 8.42 Å². The van der Waals surface area contributed by atoms with Crippen LogP contribution in [0.25, 0.3) is 10.8 Å². The van der Waals surface area contributed by atoms with Crippen molar-refractivity contribution in [2.75, 3.05) is 17.6 Å². The van der Waals surface area contributed by atoms with Crippen LogP contribution in [0.4, 0.5) is 11.4 Å². The Kier molecular flexibility index (Phi) is 6.35. The fraction of sp³-hybridized carbons (Fsp3) is 0.200. The highest BCUT2D eigenvalue weighted by Crippen LogP contribution is 2.31. The molecule has 0 unspecified atom stereocenters. The van der Waals surface area contributed by atoms with E-state index in [1.54, 1.807) is 0 Å². The number of sulfonamides is 1. The molecule has 28 heavy (non-hydrogen) atoms. The van der Waals surface area contributed by atoms with Gasteiger partial charge in [-0.05, 0) is 30.0 Å². The lowest BCUT2D eigenvalue weighted by atomic mass is 10.1. The molecule has 148 valence electrons. The number of nitrogen functional groups attached to an aromatic ring is 1. The highest BCUT2D eigenvalue weighted by atomic mass is 35.5. The molecule has 3 aromatic carbocycles. The Labute approximate surface area is 174 Å². The summed E-state index contributed by atoms with van der Waals surface area (Å²) in [6.07, 6.45) is 0.585. The van der Waals surface area contributed by atoms with Gasteiger partial charge in [-0.2, -0.15) is 0 Å². The van der Waals surface area contributed by atoms with Gasteiger partial charge in [0.2, 0.25) is 10.0 Å². The minimum Gasteiger partial charge on any atom is -0.398 e. The Bertz CT molecular complexity index is 1080. The van der Waals surface area contributed by atoms with Gasteiger partial charge in [-0.25, -0.2) is 13.1 Å². The van der Waals surface area contributed by atoms with Crippen LogP contribution in [0.15, 0.2) is 59.5 Å². The van der Waals surface area contributed by atoms with Crippen molar-refractivity contribution in [1.82, 2.24) is 4.72 Å². The van der Waals surface area contributed by atoms with Crippen molar-refractivity contribution in [1.29, 1.82) is 0 Å². The summed E-state index contributed by atoms with van der Waals surface area (Å²) in [4.78, 5) is -0.151. The van der Waals surface area contributed by atoms with Gasteiger partial charge in [0, 0.05) is 28.7 Å². The summed E-state index contributed by atoms with van der Waals surface area (Å²) < 4.78 is 28.3. The quantitative estimate of drug-likeness (QED) is 0.459. The molecule has 0 fully saturated rings. The smallest absolute Gasteiger partial charge is 0.244 e. The van der Waals surface area contributed by atoms with Gasteiger partial charge in [0.05, 0.1) is 10.7 Å². The SMILES string of the molecule is CC[C@@H](CNc1cccc2ccccc12)NS(=O)(=O)c1c(N)cc(Cl)cc1Cl. The Hall–Kier alpha value is -1.99. The Morgan fingerprint density at radius 2 is 1.79 bits per heavy atom. The van der Waals surface area contributed by atoms with E-state index >= 15 is 0 Å². The van der Waals surface area contributed by atoms with E-state index in [2.05, 4.69) is 10.0 Å². The Morgan fingerprint density at radius 1 is 1.07 bits per heavy atom. The summed E-state index contributed by atoms with van der Waals surface area (Å²) in [5.74, 6) is 0. The van der Waals surface area contributed by atoms with Gasteiger partial charge in [0.1, 0.15) is 4.90 Å². The maximum absolute atomic E-state index is 12.8. The van der Waals surface area contributed by atoms with E-state index in [9.17, 15) is 8.42 Å². The molecule has 0 aromatic heterocycles. The fourth-order valence-electron chi connectivity index (χ4n) is 3.02. The van der Waals surface area contributed by atoms with Crippen molar-refractivity contribution in [2.45, 2.75) is 24.3 Å². The highest BCUT2D eigenvalue weighted by Gasteiger charge is 2.25. The molecule has 0 saturated heterocycles. The van der Waals surface area contributed by atoms with E-state index < -0.39 is 10.0 Å². The highest BCUT2D eigenvalue weighted by molar-refractivity contribution is 7.89. The summed E-state index contributed by atoms with van der Waals surface area (Å²) in [6.45, 7) is 2.32. The largest absolute Gasteiger partial charge is 0.398 e. The van der Waals surface area contributed by atoms with Crippen LogP contribution in [0.5, 0.6) is 0 Å². The number of nitrogens with two attached hydrogens (primary N) is 1. The first-order valence-corrected chi connectivity index (χ1v) is 11.0. The predicted octanol–water partition coefficient (Wildman–Crippen LogP) is 4.90. The third kappa shape index (κ3) is 4.52. The molecule has 0 bridgehead atoms. The predicted molar refractivity (Wildman–Crippen MR) is 118 cm³/mol. The normalized spacial score (nSPS) is 12.8. The van der Waals surface area contributed by atoms with Crippen LogP contribution in [0.2, 0.25) is 10.0 Å². The van der Waals surface area contributed by atoms with Crippen LogP contribution in [-0.2, 0) is 10.0 Å². The number of hydrogen-bond acceptors (Lipinski definition) is 4. The number of rotatable bonds is 7. The van der Waals surface area contributed by atoms with E-state index in [-0.39, 0.29) is 26.7 Å². The van der Waals surface area contributed by atoms with Gasteiger partial charge in [-0.3, -0.25) is 0 Å². The van der Waals surface area contributed by atoms with Crippen LogP contribution in [-0.4, -0.2) is 21.0 Å². The molecule has 0 heterocycles. The molecule has 3 rings (SSSR count). The van der Waals surface area contributed by atoms with E-state index in [0.717, 1.165) is 16.5 Å². The van der Waals surface area contributed by atoms with E-state index in [0.29, 0.717) is 13.0 Å². The molecule has 0 amide bonds. The standard InChI is InChI=1S/C20H21Cl2N3O2S/c1-2-15(12-24-19-9-5-7-13-6-3-4-8-16(13)19)25-28(26,27)20-17(22)10-14(21)11-18(20)23/h3-11,15,24-25H,2,12,23H2,1H3/t15-/m0/s1. The maximum atomic E-state index is 12.8. The molecule has 3 aromatic rings. The van der Waals surface area contributed by atoms with Crippen LogP contribution in [0, 0.1) is 0 Å². The van der Waals surface area contributed by atoms with Crippen LogP contribution >= 0.6 is 23.2 Å². The number of halogens is 2. The molecular weight excluding hydrogens is 417 g/mol. The van der Waals surface area contributed by atoms with E-state index in [1.807, 2.05) is 49.4 Å². The monoisotopic (exact) mass is 437 g/mol. The average Bonchev–Trinajstić information content (AvgIpc) is 2.63. The van der Waals surface area contributed by atoms with Gasteiger partial charge < -0.3 is 11.1 Å². The zero-order chi connectivity index (χ0) is 20.3. The lowest BCUT2D eigenvalue weighted by molar-refractivity contribution is 0.548. The van der Waals surface area contributed by atoms with Crippen molar-refractivity contribution in [2.24, 2.45) is 0 Å². The van der Waals surface area contributed by atoms with E-state index in [4.69, 9.17) is 28.9 Å². The first-order chi connectivity index (χ1) is 13.3. The number of anilines is 2. The van der Waals surface area contributed by atoms with Crippen molar-refractivity contribution in [3.8, 4) is 0 Å². The van der Waals surface area contributed by atoms with Gasteiger partial charge in [0.15, 0.2) is 0 Å². The van der Waals surface area contributed by atoms with Crippen LogP contribution in [0.1, 0.15) is 13.3 Å².